The third-order valence-corrected chi connectivity index (χ3v) is 5.48. The number of nitro groups is 1. The minimum Gasteiger partial charge on any atom is -0.366 e. The van der Waals surface area contributed by atoms with Crippen molar-refractivity contribution >= 4 is 34.7 Å². The second-order valence-electron chi connectivity index (χ2n) is 6.84. The Morgan fingerprint density at radius 2 is 2.11 bits per heavy atom. The molecule has 27 heavy (non-hydrogen) atoms. The first-order valence-corrected chi connectivity index (χ1v) is 10.2. The average Bonchev–Trinajstić information content (AvgIpc) is 2.67. The molecular formula is C20H23N3O3S. The van der Waals surface area contributed by atoms with E-state index in [-0.39, 0.29) is 17.2 Å². The first-order chi connectivity index (χ1) is 13.0. The summed E-state index contributed by atoms with van der Waals surface area (Å²) in [5, 5.41) is 14.4. The van der Waals surface area contributed by atoms with Crippen LogP contribution in [0.3, 0.4) is 0 Å². The van der Waals surface area contributed by atoms with Gasteiger partial charge in [0.2, 0.25) is 0 Å². The molecule has 1 aliphatic rings. The summed E-state index contributed by atoms with van der Waals surface area (Å²) in [4.78, 5) is 26.9. The van der Waals surface area contributed by atoms with Crippen molar-refractivity contribution in [2.24, 2.45) is 5.92 Å². The smallest absolute Gasteiger partial charge is 0.293 e. The number of carbonyl (C=O) groups excluding carboxylic acids is 1. The number of nitro benzene ring substituents is 1. The molecule has 1 N–H and O–H groups in total. The van der Waals surface area contributed by atoms with Gasteiger partial charge in [0.05, 0.1) is 4.92 Å². The topological polar surface area (TPSA) is 75.5 Å². The summed E-state index contributed by atoms with van der Waals surface area (Å²) in [7, 11) is 0. The molecule has 2 aromatic carbocycles. The first-order valence-electron chi connectivity index (χ1n) is 8.96. The van der Waals surface area contributed by atoms with E-state index in [1.54, 1.807) is 30.0 Å². The molecule has 0 aliphatic carbocycles. The summed E-state index contributed by atoms with van der Waals surface area (Å²) in [6, 6.07) is 12.2. The second kappa shape index (κ2) is 8.43. The van der Waals surface area contributed by atoms with Crippen LogP contribution in [0.25, 0.3) is 0 Å². The summed E-state index contributed by atoms with van der Waals surface area (Å²) in [5.74, 6) is 0.153. The largest absolute Gasteiger partial charge is 0.366 e. The fourth-order valence-electron chi connectivity index (χ4n) is 3.39. The Morgan fingerprint density at radius 1 is 1.30 bits per heavy atom. The van der Waals surface area contributed by atoms with Crippen molar-refractivity contribution in [3.63, 3.8) is 0 Å². The summed E-state index contributed by atoms with van der Waals surface area (Å²) >= 11 is 1.58. The lowest BCUT2D eigenvalue weighted by molar-refractivity contribution is -0.384. The number of carbonyl (C=O) groups is 1. The van der Waals surface area contributed by atoms with E-state index in [1.165, 1.54) is 6.07 Å². The van der Waals surface area contributed by atoms with Crippen LogP contribution < -0.4 is 10.2 Å². The van der Waals surface area contributed by atoms with Gasteiger partial charge in [-0.05, 0) is 55.3 Å². The lowest BCUT2D eigenvalue weighted by atomic mass is 9.99. The van der Waals surface area contributed by atoms with Gasteiger partial charge in [-0.15, -0.1) is 11.8 Å². The van der Waals surface area contributed by atoms with Crippen LogP contribution in [-0.4, -0.2) is 30.2 Å². The highest BCUT2D eigenvalue weighted by atomic mass is 32.2. The number of thioether (sulfide) groups is 1. The van der Waals surface area contributed by atoms with Crippen LogP contribution in [0.4, 0.5) is 17.1 Å². The SMILES string of the molecule is CSc1cccc(NC(=O)c2ccc(N3CCCC(C)C3)c([N+](=O)[O-])c2)c1. The summed E-state index contributed by atoms with van der Waals surface area (Å²) < 4.78 is 0. The molecule has 1 amide bonds. The summed E-state index contributed by atoms with van der Waals surface area (Å²) in [6.07, 6.45) is 4.12. The number of benzene rings is 2. The fraction of sp³-hybridized carbons (Fsp3) is 0.350. The fourth-order valence-corrected chi connectivity index (χ4v) is 3.85. The second-order valence-corrected chi connectivity index (χ2v) is 7.72. The third kappa shape index (κ3) is 4.60. The number of nitrogens with zero attached hydrogens (tertiary/aromatic N) is 2. The maximum Gasteiger partial charge on any atom is 0.293 e. The molecule has 142 valence electrons. The van der Waals surface area contributed by atoms with Gasteiger partial charge in [0.25, 0.3) is 11.6 Å². The van der Waals surface area contributed by atoms with Gasteiger partial charge in [-0.1, -0.05) is 13.0 Å². The standard InChI is InChI=1S/C20H23N3O3S/c1-14-5-4-10-22(13-14)18-9-8-15(11-19(18)23(25)26)20(24)21-16-6-3-7-17(12-16)27-2/h3,6-9,11-12,14H,4-5,10,13H2,1-2H3,(H,21,24). The van der Waals surface area contributed by atoms with Crippen molar-refractivity contribution in [3.8, 4) is 0 Å². The molecule has 0 radical (unpaired) electrons. The predicted molar refractivity (Wildman–Crippen MR) is 110 cm³/mol. The lowest BCUT2D eigenvalue weighted by Gasteiger charge is -2.32. The molecular weight excluding hydrogens is 362 g/mol. The molecule has 0 spiro atoms. The van der Waals surface area contributed by atoms with Crippen LogP contribution in [0.5, 0.6) is 0 Å². The Bertz CT molecular complexity index is 856. The summed E-state index contributed by atoms with van der Waals surface area (Å²) in [6.45, 7) is 3.76. The molecule has 1 heterocycles. The highest BCUT2D eigenvalue weighted by Crippen LogP contribution is 2.32. The normalized spacial score (nSPS) is 16.8. The number of nitrogens with one attached hydrogen (secondary N) is 1. The van der Waals surface area contributed by atoms with Gasteiger partial charge in [0.1, 0.15) is 5.69 Å². The number of amides is 1. The van der Waals surface area contributed by atoms with E-state index in [0.29, 0.717) is 17.3 Å². The van der Waals surface area contributed by atoms with Crippen molar-refractivity contribution in [3.05, 3.63) is 58.1 Å². The van der Waals surface area contributed by atoms with E-state index in [9.17, 15) is 14.9 Å². The molecule has 0 bridgehead atoms. The summed E-state index contributed by atoms with van der Waals surface area (Å²) in [5.41, 5.74) is 1.52. The predicted octanol–water partition coefficient (Wildman–Crippen LogP) is 4.81. The van der Waals surface area contributed by atoms with Gasteiger partial charge in [-0.3, -0.25) is 14.9 Å². The van der Waals surface area contributed by atoms with Crippen LogP contribution in [-0.2, 0) is 0 Å². The van der Waals surface area contributed by atoms with E-state index >= 15 is 0 Å². The lowest BCUT2D eigenvalue weighted by Crippen LogP contribution is -2.34. The average molecular weight is 385 g/mol. The van der Waals surface area contributed by atoms with Gasteiger partial charge in [-0.25, -0.2) is 0 Å². The van der Waals surface area contributed by atoms with Gasteiger partial charge < -0.3 is 10.2 Å². The van der Waals surface area contributed by atoms with Crippen LogP contribution in [0.2, 0.25) is 0 Å². The molecule has 1 atom stereocenters. The van der Waals surface area contributed by atoms with Crippen molar-refractivity contribution in [1.82, 2.24) is 0 Å². The Kier molecular flexibility index (Phi) is 6.01. The van der Waals surface area contributed by atoms with Gasteiger partial charge in [0, 0.05) is 35.3 Å². The Balaban J connectivity index is 1.84. The zero-order valence-corrected chi connectivity index (χ0v) is 16.3. The Hall–Kier alpha value is -2.54. The molecule has 1 fully saturated rings. The number of anilines is 2. The number of hydrogen-bond donors (Lipinski definition) is 1. The quantitative estimate of drug-likeness (QED) is 0.454. The van der Waals surface area contributed by atoms with Crippen LogP contribution >= 0.6 is 11.8 Å². The van der Waals surface area contributed by atoms with Gasteiger partial charge in [-0.2, -0.15) is 0 Å². The van der Waals surface area contributed by atoms with E-state index < -0.39 is 4.92 Å². The molecule has 1 saturated heterocycles. The minimum absolute atomic E-state index is 0.0189. The van der Waals surface area contributed by atoms with E-state index in [2.05, 4.69) is 17.1 Å². The van der Waals surface area contributed by atoms with Crippen LogP contribution in [0, 0.1) is 16.0 Å². The Morgan fingerprint density at radius 3 is 2.81 bits per heavy atom. The van der Waals surface area contributed by atoms with Crippen molar-refractivity contribution in [2.75, 3.05) is 29.6 Å². The highest BCUT2D eigenvalue weighted by molar-refractivity contribution is 7.98. The maximum absolute atomic E-state index is 12.6. The molecule has 0 aromatic heterocycles. The number of hydrogen-bond acceptors (Lipinski definition) is 5. The molecule has 2 aromatic rings. The molecule has 7 heteroatoms. The van der Waals surface area contributed by atoms with E-state index in [4.69, 9.17) is 0 Å². The third-order valence-electron chi connectivity index (χ3n) is 4.76. The number of piperidine rings is 1. The Labute approximate surface area is 163 Å². The maximum atomic E-state index is 12.6. The van der Waals surface area contributed by atoms with E-state index in [0.717, 1.165) is 30.8 Å². The molecule has 0 saturated carbocycles. The zero-order valence-electron chi connectivity index (χ0n) is 15.5. The van der Waals surface area contributed by atoms with Gasteiger partial charge in [0.15, 0.2) is 0 Å². The molecule has 1 aliphatic heterocycles. The van der Waals surface area contributed by atoms with Gasteiger partial charge >= 0.3 is 0 Å². The van der Waals surface area contributed by atoms with Crippen LogP contribution in [0.1, 0.15) is 30.1 Å². The monoisotopic (exact) mass is 385 g/mol. The van der Waals surface area contributed by atoms with Crippen molar-refractivity contribution in [1.29, 1.82) is 0 Å². The molecule has 1 unspecified atom stereocenters. The molecule has 3 rings (SSSR count). The first kappa shape index (κ1) is 19.2. The highest BCUT2D eigenvalue weighted by Gasteiger charge is 2.25. The molecule has 6 nitrogen and oxygen atoms in total. The van der Waals surface area contributed by atoms with Crippen molar-refractivity contribution in [2.45, 2.75) is 24.7 Å². The van der Waals surface area contributed by atoms with E-state index in [1.807, 2.05) is 24.5 Å². The minimum atomic E-state index is -0.403. The zero-order chi connectivity index (χ0) is 19.4. The van der Waals surface area contributed by atoms with Crippen LogP contribution in [0.15, 0.2) is 47.4 Å². The van der Waals surface area contributed by atoms with Crippen molar-refractivity contribution < 1.29 is 9.72 Å². The number of rotatable bonds is 5.